The van der Waals surface area contributed by atoms with Gasteiger partial charge in [-0.2, -0.15) is 0 Å². The van der Waals surface area contributed by atoms with Gasteiger partial charge in [-0.25, -0.2) is 0 Å². The summed E-state index contributed by atoms with van der Waals surface area (Å²) in [6.45, 7) is 3.06. The summed E-state index contributed by atoms with van der Waals surface area (Å²) in [4.78, 5) is 10.8. The summed E-state index contributed by atoms with van der Waals surface area (Å²) in [5.74, 6) is 0.213. The van der Waals surface area contributed by atoms with Gasteiger partial charge in [-0.05, 0) is 13.0 Å². The highest BCUT2D eigenvalue weighted by atomic mass is 16.3. The number of hydrogen-bond donors (Lipinski definition) is 1. The van der Waals surface area contributed by atoms with E-state index in [-0.39, 0.29) is 5.78 Å². The molecule has 2 aromatic rings. The van der Waals surface area contributed by atoms with Crippen molar-refractivity contribution in [1.29, 1.82) is 0 Å². The van der Waals surface area contributed by atoms with Crippen LogP contribution in [0.1, 0.15) is 18.9 Å². The lowest BCUT2D eigenvalue weighted by atomic mass is 10.2. The lowest BCUT2D eigenvalue weighted by Gasteiger charge is -2.00. The summed E-state index contributed by atoms with van der Waals surface area (Å²) in [5, 5.41) is 4.37. The van der Waals surface area contributed by atoms with E-state index in [1.807, 2.05) is 24.3 Å². The largest absolute Gasteiger partial charge is 0.464 e. The van der Waals surface area contributed by atoms with Crippen molar-refractivity contribution in [3.63, 3.8) is 0 Å². The number of furan rings is 1. The molecule has 0 bridgehead atoms. The molecule has 0 amide bonds. The van der Waals surface area contributed by atoms with Gasteiger partial charge in [0.15, 0.2) is 0 Å². The maximum Gasteiger partial charge on any atom is 0.134 e. The van der Waals surface area contributed by atoms with E-state index < -0.39 is 0 Å². The topological polar surface area (TPSA) is 42.2 Å². The van der Waals surface area contributed by atoms with Crippen LogP contribution in [0.5, 0.6) is 0 Å². The third kappa shape index (κ3) is 2.49. The molecule has 1 aromatic heterocycles. The first-order valence-electron chi connectivity index (χ1n) is 5.42. The van der Waals surface area contributed by atoms with Gasteiger partial charge in [-0.15, -0.1) is 0 Å². The minimum absolute atomic E-state index is 0.213. The average Bonchev–Trinajstić information content (AvgIpc) is 2.68. The van der Waals surface area contributed by atoms with Gasteiger partial charge in [0, 0.05) is 30.5 Å². The van der Waals surface area contributed by atoms with Crippen LogP contribution >= 0.6 is 0 Å². The van der Waals surface area contributed by atoms with Crippen LogP contribution in [0.3, 0.4) is 0 Å². The lowest BCUT2D eigenvalue weighted by molar-refractivity contribution is -0.116. The Morgan fingerprint density at radius 2 is 2.19 bits per heavy atom. The summed E-state index contributed by atoms with van der Waals surface area (Å²) in [6, 6.07) is 7.95. The highest BCUT2D eigenvalue weighted by Gasteiger charge is 2.03. The number of ketones is 1. The van der Waals surface area contributed by atoms with E-state index in [0.29, 0.717) is 6.42 Å². The molecule has 0 aliphatic heterocycles. The minimum Gasteiger partial charge on any atom is -0.464 e. The van der Waals surface area contributed by atoms with Crippen LogP contribution in [-0.2, 0) is 11.3 Å². The second-order valence-electron chi connectivity index (χ2n) is 3.89. The minimum atomic E-state index is 0.213. The first-order chi connectivity index (χ1) is 7.77. The van der Waals surface area contributed by atoms with Gasteiger partial charge in [0.1, 0.15) is 11.4 Å². The Balaban J connectivity index is 1.97. The van der Waals surface area contributed by atoms with Crippen LogP contribution in [0.4, 0.5) is 0 Å². The number of Topliss-reactive ketones (excluding diaryl/α,β-unsaturated/α-hetero) is 1. The Hall–Kier alpha value is -1.61. The highest BCUT2D eigenvalue weighted by molar-refractivity contribution is 5.80. The molecule has 0 radical (unpaired) electrons. The van der Waals surface area contributed by atoms with Crippen molar-refractivity contribution in [3.8, 4) is 0 Å². The van der Waals surface area contributed by atoms with Crippen molar-refractivity contribution in [2.24, 2.45) is 0 Å². The fraction of sp³-hybridized carbons (Fsp3) is 0.308. The summed E-state index contributed by atoms with van der Waals surface area (Å²) >= 11 is 0. The number of carbonyl (C=O) groups is 1. The number of fused-ring (bicyclic) bond motifs is 1. The van der Waals surface area contributed by atoms with Crippen LogP contribution in [0.15, 0.2) is 34.9 Å². The smallest absolute Gasteiger partial charge is 0.134 e. The molecule has 16 heavy (non-hydrogen) atoms. The Morgan fingerprint density at radius 3 is 3.00 bits per heavy atom. The SMILES string of the molecule is CC(=O)CCNCc1coc2ccccc12. The predicted molar refractivity (Wildman–Crippen MR) is 63.2 cm³/mol. The van der Waals surface area contributed by atoms with Crippen molar-refractivity contribution in [2.75, 3.05) is 6.54 Å². The number of benzene rings is 1. The van der Waals surface area contributed by atoms with Gasteiger partial charge < -0.3 is 9.73 Å². The van der Waals surface area contributed by atoms with Crippen LogP contribution in [0, 0.1) is 0 Å². The van der Waals surface area contributed by atoms with E-state index in [1.165, 1.54) is 0 Å². The first kappa shape index (κ1) is 10.9. The Bertz CT molecular complexity index is 487. The van der Waals surface area contributed by atoms with Crippen LogP contribution < -0.4 is 5.32 Å². The summed E-state index contributed by atoms with van der Waals surface area (Å²) in [6.07, 6.45) is 2.35. The third-order valence-corrected chi connectivity index (χ3v) is 2.53. The molecule has 0 unspecified atom stereocenters. The second kappa shape index (κ2) is 4.94. The van der Waals surface area contributed by atoms with Gasteiger partial charge in [-0.1, -0.05) is 18.2 Å². The maximum atomic E-state index is 10.8. The predicted octanol–water partition coefficient (Wildman–Crippen LogP) is 2.50. The molecule has 0 aliphatic rings. The molecule has 2 rings (SSSR count). The molecule has 0 fully saturated rings. The van der Waals surface area contributed by atoms with Crippen molar-refractivity contribution < 1.29 is 9.21 Å². The van der Waals surface area contributed by atoms with E-state index in [4.69, 9.17) is 4.42 Å². The van der Waals surface area contributed by atoms with E-state index in [9.17, 15) is 4.79 Å². The molecular weight excluding hydrogens is 202 g/mol. The molecule has 1 N–H and O–H groups in total. The molecule has 0 saturated heterocycles. The number of hydrogen-bond acceptors (Lipinski definition) is 3. The van der Waals surface area contributed by atoms with E-state index in [1.54, 1.807) is 13.2 Å². The zero-order valence-corrected chi connectivity index (χ0v) is 9.32. The molecule has 0 atom stereocenters. The summed E-state index contributed by atoms with van der Waals surface area (Å²) in [7, 11) is 0. The van der Waals surface area contributed by atoms with Gasteiger partial charge in [0.05, 0.1) is 6.26 Å². The number of carbonyl (C=O) groups excluding carboxylic acids is 1. The molecule has 3 nitrogen and oxygen atoms in total. The van der Waals surface area contributed by atoms with Crippen molar-refractivity contribution in [1.82, 2.24) is 5.32 Å². The van der Waals surface area contributed by atoms with Crippen LogP contribution in [-0.4, -0.2) is 12.3 Å². The molecule has 3 heteroatoms. The van der Waals surface area contributed by atoms with E-state index in [2.05, 4.69) is 5.32 Å². The molecule has 1 heterocycles. The monoisotopic (exact) mass is 217 g/mol. The molecule has 0 spiro atoms. The molecule has 0 saturated carbocycles. The van der Waals surface area contributed by atoms with Crippen LogP contribution in [0.2, 0.25) is 0 Å². The average molecular weight is 217 g/mol. The number of rotatable bonds is 5. The van der Waals surface area contributed by atoms with Crippen molar-refractivity contribution in [3.05, 3.63) is 36.1 Å². The highest BCUT2D eigenvalue weighted by Crippen LogP contribution is 2.20. The second-order valence-corrected chi connectivity index (χ2v) is 3.89. The fourth-order valence-corrected chi connectivity index (χ4v) is 1.66. The van der Waals surface area contributed by atoms with Crippen LogP contribution in [0.25, 0.3) is 11.0 Å². The van der Waals surface area contributed by atoms with Gasteiger partial charge in [0.25, 0.3) is 0 Å². The summed E-state index contributed by atoms with van der Waals surface area (Å²) in [5.41, 5.74) is 2.05. The molecule has 0 aliphatic carbocycles. The molecule has 1 aromatic carbocycles. The molecule has 84 valence electrons. The molecular formula is C13H15NO2. The van der Waals surface area contributed by atoms with Crippen molar-refractivity contribution in [2.45, 2.75) is 19.9 Å². The van der Waals surface area contributed by atoms with Gasteiger partial charge >= 0.3 is 0 Å². The number of nitrogens with one attached hydrogen (secondary N) is 1. The van der Waals surface area contributed by atoms with Gasteiger partial charge in [-0.3, -0.25) is 4.79 Å². The Kier molecular flexibility index (Phi) is 3.37. The van der Waals surface area contributed by atoms with E-state index >= 15 is 0 Å². The van der Waals surface area contributed by atoms with E-state index in [0.717, 1.165) is 29.6 Å². The zero-order chi connectivity index (χ0) is 11.4. The Labute approximate surface area is 94.4 Å². The third-order valence-electron chi connectivity index (χ3n) is 2.53. The normalized spacial score (nSPS) is 10.8. The number of para-hydroxylation sites is 1. The Morgan fingerprint density at radius 1 is 1.38 bits per heavy atom. The lowest BCUT2D eigenvalue weighted by Crippen LogP contribution is -2.16. The standard InChI is InChI=1S/C13H15NO2/c1-10(15)6-7-14-8-11-9-16-13-5-3-2-4-12(11)13/h2-5,9,14H,6-8H2,1H3. The van der Waals surface area contributed by atoms with Gasteiger partial charge in [0.2, 0.25) is 0 Å². The maximum absolute atomic E-state index is 10.8. The fourth-order valence-electron chi connectivity index (χ4n) is 1.66. The zero-order valence-electron chi connectivity index (χ0n) is 9.32. The first-order valence-corrected chi connectivity index (χ1v) is 5.42. The summed E-state index contributed by atoms with van der Waals surface area (Å²) < 4.78 is 5.42. The quantitative estimate of drug-likeness (QED) is 0.782. The van der Waals surface area contributed by atoms with Crippen molar-refractivity contribution >= 4 is 16.8 Å².